The molecule has 0 aliphatic rings. The smallest absolute Gasteiger partial charge is 0.288 e. The van der Waals surface area contributed by atoms with Crippen molar-refractivity contribution >= 4 is 11.8 Å². The Morgan fingerprint density at radius 2 is 1.94 bits per heavy atom. The van der Waals surface area contributed by atoms with Gasteiger partial charge in [0.15, 0.2) is 0 Å². The van der Waals surface area contributed by atoms with Gasteiger partial charge in [-0.1, -0.05) is 0 Å². The van der Waals surface area contributed by atoms with Crippen LogP contribution in [0.3, 0.4) is 0 Å². The lowest BCUT2D eigenvalue weighted by molar-refractivity contribution is 0.0877. The van der Waals surface area contributed by atoms with Crippen molar-refractivity contribution in [3.63, 3.8) is 0 Å². The SMILES string of the molecule is Cc1cc(C(N)=O)c(C(=O)NC(C)(C)C)o1. The van der Waals surface area contributed by atoms with Gasteiger partial charge in [0.25, 0.3) is 11.8 Å². The molecule has 1 heterocycles. The first-order chi connectivity index (χ1) is 7.20. The monoisotopic (exact) mass is 224 g/mol. The molecule has 1 aromatic rings. The van der Waals surface area contributed by atoms with E-state index < -0.39 is 17.4 Å². The average molecular weight is 224 g/mol. The first-order valence-corrected chi connectivity index (χ1v) is 4.93. The topological polar surface area (TPSA) is 85.3 Å². The van der Waals surface area contributed by atoms with Gasteiger partial charge in [-0.05, 0) is 33.8 Å². The third-order valence-electron chi connectivity index (χ3n) is 1.82. The minimum Gasteiger partial charge on any atom is -0.455 e. The predicted octanol–water partition coefficient (Wildman–Crippen LogP) is 1.22. The fraction of sp³-hybridized carbons (Fsp3) is 0.455. The third kappa shape index (κ3) is 2.85. The molecule has 5 nitrogen and oxygen atoms in total. The molecule has 0 unspecified atom stereocenters. The van der Waals surface area contributed by atoms with Gasteiger partial charge in [0.05, 0.1) is 5.56 Å². The summed E-state index contributed by atoms with van der Waals surface area (Å²) in [5.41, 5.74) is 4.86. The van der Waals surface area contributed by atoms with Gasteiger partial charge in [-0.3, -0.25) is 9.59 Å². The van der Waals surface area contributed by atoms with Gasteiger partial charge in [0.1, 0.15) is 5.76 Å². The third-order valence-corrected chi connectivity index (χ3v) is 1.82. The molecular weight excluding hydrogens is 208 g/mol. The zero-order valence-corrected chi connectivity index (χ0v) is 9.88. The molecule has 1 aromatic heterocycles. The molecule has 0 radical (unpaired) electrons. The number of primary amides is 1. The molecule has 0 aliphatic carbocycles. The summed E-state index contributed by atoms with van der Waals surface area (Å²) in [4.78, 5) is 22.9. The van der Waals surface area contributed by atoms with E-state index in [0.29, 0.717) is 5.76 Å². The summed E-state index contributed by atoms with van der Waals surface area (Å²) < 4.78 is 5.17. The van der Waals surface area contributed by atoms with E-state index in [2.05, 4.69) is 5.32 Å². The molecule has 0 spiro atoms. The van der Waals surface area contributed by atoms with Crippen LogP contribution < -0.4 is 11.1 Å². The number of nitrogens with two attached hydrogens (primary N) is 1. The van der Waals surface area contributed by atoms with Crippen LogP contribution in [0, 0.1) is 6.92 Å². The highest BCUT2D eigenvalue weighted by molar-refractivity contribution is 6.05. The highest BCUT2D eigenvalue weighted by Crippen LogP contribution is 2.15. The van der Waals surface area contributed by atoms with Gasteiger partial charge in [0.2, 0.25) is 5.76 Å². The van der Waals surface area contributed by atoms with Crippen LogP contribution in [0.25, 0.3) is 0 Å². The minimum atomic E-state index is -0.670. The maximum atomic E-state index is 11.8. The van der Waals surface area contributed by atoms with Crippen molar-refractivity contribution in [1.29, 1.82) is 0 Å². The number of furan rings is 1. The maximum Gasteiger partial charge on any atom is 0.288 e. The van der Waals surface area contributed by atoms with Gasteiger partial charge in [-0.25, -0.2) is 0 Å². The lowest BCUT2D eigenvalue weighted by atomic mass is 10.1. The van der Waals surface area contributed by atoms with E-state index in [1.807, 2.05) is 20.8 Å². The molecule has 0 saturated heterocycles. The minimum absolute atomic E-state index is 0.0278. The first-order valence-electron chi connectivity index (χ1n) is 4.93. The van der Waals surface area contributed by atoms with Crippen LogP contribution in [0.4, 0.5) is 0 Å². The zero-order valence-electron chi connectivity index (χ0n) is 9.88. The highest BCUT2D eigenvalue weighted by Gasteiger charge is 2.23. The molecule has 0 atom stereocenters. The van der Waals surface area contributed by atoms with Crippen LogP contribution in [-0.4, -0.2) is 17.4 Å². The molecule has 16 heavy (non-hydrogen) atoms. The van der Waals surface area contributed by atoms with Crippen molar-refractivity contribution in [2.24, 2.45) is 5.73 Å². The number of hydrogen-bond donors (Lipinski definition) is 2. The molecule has 0 aliphatic heterocycles. The summed E-state index contributed by atoms with van der Waals surface area (Å²) in [5.74, 6) is -0.655. The normalized spacial score (nSPS) is 11.2. The van der Waals surface area contributed by atoms with E-state index in [4.69, 9.17) is 10.2 Å². The Kier molecular flexibility index (Phi) is 3.07. The molecule has 88 valence electrons. The summed E-state index contributed by atoms with van der Waals surface area (Å²) >= 11 is 0. The van der Waals surface area contributed by atoms with E-state index in [1.165, 1.54) is 6.07 Å². The number of nitrogens with one attached hydrogen (secondary N) is 1. The van der Waals surface area contributed by atoms with Gasteiger partial charge >= 0.3 is 0 Å². The van der Waals surface area contributed by atoms with Gasteiger partial charge in [-0.2, -0.15) is 0 Å². The zero-order chi connectivity index (χ0) is 12.5. The Bertz CT molecular complexity index is 427. The fourth-order valence-corrected chi connectivity index (χ4v) is 1.26. The first kappa shape index (κ1) is 12.3. The average Bonchev–Trinajstić information content (AvgIpc) is 2.44. The highest BCUT2D eigenvalue weighted by atomic mass is 16.4. The Morgan fingerprint density at radius 3 is 2.38 bits per heavy atom. The lowest BCUT2D eigenvalue weighted by Crippen LogP contribution is -2.41. The summed E-state index contributed by atoms with van der Waals surface area (Å²) in [6, 6.07) is 1.46. The second-order valence-corrected chi connectivity index (χ2v) is 4.67. The van der Waals surface area contributed by atoms with Crippen LogP contribution in [-0.2, 0) is 0 Å². The van der Waals surface area contributed by atoms with Crippen LogP contribution >= 0.6 is 0 Å². The van der Waals surface area contributed by atoms with Crippen LogP contribution in [0.1, 0.15) is 47.4 Å². The summed E-state index contributed by atoms with van der Waals surface area (Å²) in [6.45, 7) is 7.17. The summed E-state index contributed by atoms with van der Waals surface area (Å²) in [5, 5.41) is 2.70. The summed E-state index contributed by atoms with van der Waals surface area (Å²) in [6.07, 6.45) is 0. The molecular formula is C11H16N2O3. The quantitative estimate of drug-likeness (QED) is 0.791. The van der Waals surface area contributed by atoms with E-state index in [0.717, 1.165) is 0 Å². The van der Waals surface area contributed by atoms with E-state index >= 15 is 0 Å². The van der Waals surface area contributed by atoms with Gasteiger partial charge < -0.3 is 15.5 Å². The van der Waals surface area contributed by atoms with Crippen molar-refractivity contribution < 1.29 is 14.0 Å². The lowest BCUT2D eigenvalue weighted by Gasteiger charge is -2.19. The number of rotatable bonds is 2. The van der Waals surface area contributed by atoms with Gasteiger partial charge in [-0.15, -0.1) is 0 Å². The standard InChI is InChI=1S/C11H16N2O3/c1-6-5-7(9(12)14)8(16-6)10(15)13-11(2,3)4/h5H,1-4H3,(H2,12,14)(H,13,15). The molecule has 1 rings (SSSR count). The molecule has 2 amide bonds. The van der Waals surface area contributed by atoms with Crippen LogP contribution in [0.5, 0.6) is 0 Å². The fourth-order valence-electron chi connectivity index (χ4n) is 1.26. The van der Waals surface area contributed by atoms with Crippen molar-refractivity contribution in [2.45, 2.75) is 33.2 Å². The van der Waals surface area contributed by atoms with Gasteiger partial charge in [0, 0.05) is 5.54 Å². The van der Waals surface area contributed by atoms with Crippen molar-refractivity contribution in [3.05, 3.63) is 23.2 Å². The number of carbonyl (C=O) groups is 2. The Hall–Kier alpha value is -1.78. The van der Waals surface area contributed by atoms with E-state index in [1.54, 1.807) is 6.92 Å². The number of carbonyl (C=O) groups excluding carboxylic acids is 2. The number of hydrogen-bond acceptors (Lipinski definition) is 3. The van der Waals surface area contributed by atoms with Crippen LogP contribution in [0.2, 0.25) is 0 Å². The molecule has 0 fully saturated rings. The second kappa shape index (κ2) is 4.00. The number of aryl methyl sites for hydroxylation is 1. The maximum absolute atomic E-state index is 11.8. The summed E-state index contributed by atoms with van der Waals surface area (Å²) in [7, 11) is 0. The Morgan fingerprint density at radius 1 is 1.38 bits per heavy atom. The van der Waals surface area contributed by atoms with E-state index in [-0.39, 0.29) is 11.3 Å². The molecule has 5 heteroatoms. The molecule has 3 N–H and O–H groups in total. The number of amides is 2. The molecule has 0 bridgehead atoms. The second-order valence-electron chi connectivity index (χ2n) is 4.67. The molecule has 0 saturated carbocycles. The van der Waals surface area contributed by atoms with Crippen LogP contribution in [0.15, 0.2) is 10.5 Å². The Labute approximate surface area is 94.0 Å². The van der Waals surface area contributed by atoms with Crippen molar-refractivity contribution in [1.82, 2.24) is 5.32 Å². The molecule has 0 aromatic carbocycles. The van der Waals surface area contributed by atoms with Crippen molar-refractivity contribution in [3.8, 4) is 0 Å². The predicted molar refractivity (Wildman–Crippen MR) is 59.2 cm³/mol. The largest absolute Gasteiger partial charge is 0.455 e. The Balaban J connectivity index is 3.04. The van der Waals surface area contributed by atoms with Crippen molar-refractivity contribution in [2.75, 3.05) is 0 Å². The van der Waals surface area contributed by atoms with E-state index in [9.17, 15) is 9.59 Å².